The molecule has 0 saturated heterocycles. The molecule has 2 aliphatic rings. The van der Waals surface area contributed by atoms with Crippen molar-refractivity contribution in [2.24, 2.45) is 0 Å². The fraction of sp³-hybridized carbons (Fsp3) is 0.0625. The first kappa shape index (κ1) is 11.1. The number of aromatic nitrogens is 3. The van der Waals surface area contributed by atoms with E-state index in [9.17, 15) is 0 Å². The minimum absolute atomic E-state index is 0.962. The number of aryl methyl sites for hydroxylation is 1. The first-order valence-corrected chi connectivity index (χ1v) is 6.58. The zero-order valence-corrected chi connectivity index (χ0v) is 11.1. The zero-order valence-electron chi connectivity index (χ0n) is 11.1. The highest BCUT2D eigenvalue weighted by atomic mass is 15.2. The number of anilines is 2. The lowest BCUT2D eigenvalue weighted by Gasteiger charge is -2.03. The molecule has 0 spiro atoms. The van der Waals surface area contributed by atoms with E-state index in [1.54, 1.807) is 12.4 Å². The van der Waals surface area contributed by atoms with Gasteiger partial charge in [0.15, 0.2) is 0 Å². The third-order valence-corrected chi connectivity index (χ3v) is 3.66. The number of hydrogen-bond acceptors (Lipinski definition) is 2. The number of fused-ring (bicyclic) bond motifs is 3. The van der Waals surface area contributed by atoms with Gasteiger partial charge in [-0.15, -0.1) is 0 Å². The molecule has 1 aliphatic carbocycles. The van der Waals surface area contributed by atoms with Crippen LogP contribution in [0.2, 0.25) is 0 Å². The summed E-state index contributed by atoms with van der Waals surface area (Å²) in [5.74, 6) is 0.962. The Balaban J connectivity index is 1.84. The molecule has 0 amide bonds. The van der Waals surface area contributed by atoms with E-state index in [0.29, 0.717) is 0 Å². The molecule has 3 N–H and O–H groups in total. The van der Waals surface area contributed by atoms with Gasteiger partial charge in [0.2, 0.25) is 0 Å². The largest absolute Gasteiger partial charge is 0.339 e. The van der Waals surface area contributed by atoms with Gasteiger partial charge in [0, 0.05) is 17.1 Å². The van der Waals surface area contributed by atoms with Crippen LogP contribution in [0.15, 0.2) is 48.8 Å². The molecule has 2 heterocycles. The summed E-state index contributed by atoms with van der Waals surface area (Å²) in [4.78, 5) is 4.12. The Morgan fingerprint density at radius 3 is 2.85 bits per heavy atom. The second kappa shape index (κ2) is 4.13. The van der Waals surface area contributed by atoms with Crippen molar-refractivity contribution in [2.45, 2.75) is 6.92 Å². The van der Waals surface area contributed by atoms with Crippen molar-refractivity contribution >= 4 is 22.3 Å². The van der Waals surface area contributed by atoms with Gasteiger partial charge in [0.25, 0.3) is 0 Å². The molecule has 0 saturated carbocycles. The van der Waals surface area contributed by atoms with Crippen LogP contribution >= 0.6 is 0 Å². The van der Waals surface area contributed by atoms with Crippen molar-refractivity contribution in [1.82, 2.24) is 15.2 Å². The van der Waals surface area contributed by atoms with Gasteiger partial charge in [-0.2, -0.15) is 0 Å². The quantitative estimate of drug-likeness (QED) is 0.510. The van der Waals surface area contributed by atoms with E-state index >= 15 is 0 Å². The van der Waals surface area contributed by atoms with Crippen LogP contribution in [0.3, 0.4) is 0 Å². The Morgan fingerprint density at radius 2 is 2.00 bits per heavy atom. The minimum atomic E-state index is 0.962. The van der Waals surface area contributed by atoms with Crippen LogP contribution in [0.4, 0.5) is 11.5 Å². The maximum atomic E-state index is 4.12. The van der Waals surface area contributed by atoms with Crippen molar-refractivity contribution in [3.63, 3.8) is 0 Å². The summed E-state index contributed by atoms with van der Waals surface area (Å²) >= 11 is 0. The molecule has 0 atom stereocenters. The lowest BCUT2D eigenvalue weighted by molar-refractivity contribution is 1.11. The highest BCUT2D eigenvalue weighted by Gasteiger charge is 2.17. The Bertz CT molecular complexity index is 842. The third-order valence-electron chi connectivity index (χ3n) is 3.66. The van der Waals surface area contributed by atoms with Crippen molar-refractivity contribution in [1.29, 1.82) is 0 Å². The standard InChI is InChI=1S/C16H14N4/c1-10-4-2-6-12-13(10)8-14-15(12)19-20-16(14)18-11-5-3-7-17-9-11/h2-9,18-20H,1H3. The van der Waals surface area contributed by atoms with Gasteiger partial charge in [-0.1, -0.05) is 18.2 Å². The molecular weight excluding hydrogens is 248 g/mol. The first-order chi connectivity index (χ1) is 9.83. The van der Waals surface area contributed by atoms with Crippen LogP contribution in [-0.4, -0.2) is 15.2 Å². The molecule has 4 nitrogen and oxygen atoms in total. The van der Waals surface area contributed by atoms with Gasteiger partial charge in [-0.05, 0) is 36.1 Å². The van der Waals surface area contributed by atoms with Crippen molar-refractivity contribution in [2.75, 3.05) is 5.32 Å². The smallest absolute Gasteiger partial charge is 0.132 e. The number of benzene rings is 1. The van der Waals surface area contributed by atoms with Crippen LogP contribution in [0.25, 0.3) is 22.0 Å². The normalized spacial score (nSPS) is 11.2. The molecule has 4 heteroatoms. The lowest BCUT2D eigenvalue weighted by Crippen LogP contribution is -1.91. The topological polar surface area (TPSA) is 56.5 Å². The van der Waals surface area contributed by atoms with Crippen LogP contribution in [0, 0.1) is 6.92 Å². The Kier molecular flexibility index (Phi) is 2.29. The van der Waals surface area contributed by atoms with Crippen molar-refractivity contribution in [3.8, 4) is 11.3 Å². The molecule has 1 aromatic carbocycles. The highest BCUT2D eigenvalue weighted by Crippen LogP contribution is 2.39. The second-order valence-electron chi connectivity index (χ2n) is 4.96. The monoisotopic (exact) mass is 262 g/mol. The van der Waals surface area contributed by atoms with Crippen LogP contribution in [-0.2, 0) is 0 Å². The average Bonchev–Trinajstić information content (AvgIpc) is 3.02. The number of rotatable bonds is 2. The fourth-order valence-electron chi connectivity index (χ4n) is 2.66. The fourth-order valence-corrected chi connectivity index (χ4v) is 2.66. The Morgan fingerprint density at radius 1 is 1.05 bits per heavy atom. The maximum Gasteiger partial charge on any atom is 0.132 e. The molecule has 1 aliphatic heterocycles. The number of H-pyrrole nitrogens is 2. The van der Waals surface area contributed by atoms with E-state index in [-0.39, 0.29) is 0 Å². The summed E-state index contributed by atoms with van der Waals surface area (Å²) in [6.07, 6.45) is 3.57. The van der Waals surface area contributed by atoms with E-state index in [2.05, 4.69) is 51.7 Å². The lowest BCUT2D eigenvalue weighted by atomic mass is 10.1. The molecule has 0 bridgehead atoms. The third kappa shape index (κ3) is 1.58. The van der Waals surface area contributed by atoms with E-state index in [4.69, 9.17) is 0 Å². The van der Waals surface area contributed by atoms with Crippen molar-refractivity contribution in [3.05, 3.63) is 54.4 Å². The first-order valence-electron chi connectivity index (χ1n) is 6.58. The van der Waals surface area contributed by atoms with Crippen LogP contribution < -0.4 is 5.32 Å². The highest BCUT2D eigenvalue weighted by molar-refractivity contribution is 6.05. The van der Waals surface area contributed by atoms with Gasteiger partial charge < -0.3 is 5.32 Å². The van der Waals surface area contributed by atoms with E-state index in [0.717, 1.165) is 22.8 Å². The molecular formula is C16H14N4. The Hall–Kier alpha value is -2.75. The molecule has 0 radical (unpaired) electrons. The summed E-state index contributed by atoms with van der Waals surface area (Å²) in [5.41, 5.74) is 4.55. The predicted molar refractivity (Wildman–Crippen MR) is 81.5 cm³/mol. The molecule has 2 aromatic rings. The van der Waals surface area contributed by atoms with Gasteiger partial charge in [0.1, 0.15) is 5.82 Å². The van der Waals surface area contributed by atoms with Gasteiger partial charge >= 0.3 is 0 Å². The number of hydrogen-bond donors (Lipinski definition) is 3. The number of aromatic amines is 2. The average molecular weight is 262 g/mol. The van der Waals surface area contributed by atoms with Crippen LogP contribution in [0.5, 0.6) is 0 Å². The van der Waals surface area contributed by atoms with E-state index < -0.39 is 0 Å². The van der Waals surface area contributed by atoms with Gasteiger partial charge in [0.05, 0.1) is 17.6 Å². The number of pyridine rings is 1. The number of nitrogens with one attached hydrogen (secondary N) is 3. The van der Waals surface area contributed by atoms with Crippen molar-refractivity contribution < 1.29 is 0 Å². The van der Waals surface area contributed by atoms with Crippen LogP contribution in [0.1, 0.15) is 5.56 Å². The SMILES string of the molecule is Cc1cccc2c3[nH][nH]c(Nc4cccnc4)c-3cc12. The molecule has 1 aromatic heterocycles. The van der Waals surface area contributed by atoms with E-state index in [1.807, 2.05) is 12.1 Å². The molecule has 98 valence electrons. The molecule has 4 rings (SSSR count). The zero-order chi connectivity index (χ0) is 13.5. The second-order valence-corrected chi connectivity index (χ2v) is 4.96. The van der Waals surface area contributed by atoms with Gasteiger partial charge in [-0.25, -0.2) is 0 Å². The minimum Gasteiger partial charge on any atom is -0.339 e. The number of nitrogens with zero attached hydrogens (tertiary/aromatic N) is 1. The molecule has 20 heavy (non-hydrogen) atoms. The summed E-state index contributed by atoms with van der Waals surface area (Å²) in [6, 6.07) is 12.5. The summed E-state index contributed by atoms with van der Waals surface area (Å²) in [7, 11) is 0. The molecule has 0 unspecified atom stereocenters. The maximum absolute atomic E-state index is 4.12. The summed E-state index contributed by atoms with van der Waals surface area (Å²) < 4.78 is 0. The summed E-state index contributed by atoms with van der Waals surface area (Å²) in [5, 5.41) is 12.3. The summed E-state index contributed by atoms with van der Waals surface area (Å²) in [6.45, 7) is 2.14. The molecule has 0 fully saturated rings. The predicted octanol–water partition coefficient (Wildman–Crippen LogP) is 4.05. The Labute approximate surface area is 116 Å². The van der Waals surface area contributed by atoms with E-state index in [1.165, 1.54) is 16.3 Å². The van der Waals surface area contributed by atoms with Gasteiger partial charge in [-0.3, -0.25) is 15.2 Å².